The van der Waals surface area contributed by atoms with E-state index in [0.29, 0.717) is 0 Å². The predicted octanol–water partition coefficient (Wildman–Crippen LogP) is 3.28. The molecule has 0 amide bonds. The van der Waals surface area contributed by atoms with Gasteiger partial charge in [-0.2, -0.15) is 0 Å². The molecule has 0 aromatic carbocycles. The molecular formula is C14H23N3. The van der Waals surface area contributed by atoms with E-state index in [-0.39, 0.29) is 0 Å². The maximum Gasteiger partial charge on any atom is 0.127 e. The molecule has 3 heteroatoms. The van der Waals surface area contributed by atoms with Gasteiger partial charge in [0.1, 0.15) is 5.82 Å². The van der Waals surface area contributed by atoms with Gasteiger partial charge in [0.05, 0.1) is 0 Å². The van der Waals surface area contributed by atoms with Gasteiger partial charge in [-0.25, -0.2) is 4.98 Å². The van der Waals surface area contributed by atoms with Crippen LogP contribution in [0.1, 0.15) is 39.0 Å². The Bertz CT molecular complexity index is 345. The van der Waals surface area contributed by atoms with Gasteiger partial charge in [0, 0.05) is 37.6 Å². The standard InChI is InChI=1S/C14H23N3/c1-3-17(12-7-5-4-6-8-12)13-9-10-16-14(11-13)15-2/h9-12H,3-8H2,1-2H3,(H,15,16). The normalized spacial score (nSPS) is 16.8. The number of anilines is 2. The maximum atomic E-state index is 4.28. The fourth-order valence-electron chi connectivity index (χ4n) is 2.78. The van der Waals surface area contributed by atoms with Gasteiger partial charge in [-0.15, -0.1) is 0 Å². The van der Waals surface area contributed by atoms with Crippen molar-refractivity contribution in [1.82, 2.24) is 4.98 Å². The van der Waals surface area contributed by atoms with Gasteiger partial charge >= 0.3 is 0 Å². The molecule has 0 spiro atoms. The van der Waals surface area contributed by atoms with Gasteiger partial charge in [0.15, 0.2) is 0 Å². The first-order valence-corrected chi connectivity index (χ1v) is 6.75. The van der Waals surface area contributed by atoms with E-state index in [0.717, 1.165) is 18.4 Å². The molecule has 1 fully saturated rings. The highest BCUT2D eigenvalue weighted by Crippen LogP contribution is 2.27. The number of nitrogens with zero attached hydrogens (tertiary/aromatic N) is 2. The number of aromatic nitrogens is 1. The minimum atomic E-state index is 0.723. The monoisotopic (exact) mass is 233 g/mol. The first kappa shape index (κ1) is 12.2. The van der Waals surface area contributed by atoms with E-state index in [1.165, 1.54) is 37.8 Å². The minimum Gasteiger partial charge on any atom is -0.373 e. The zero-order valence-corrected chi connectivity index (χ0v) is 10.9. The van der Waals surface area contributed by atoms with Crippen LogP contribution in [-0.2, 0) is 0 Å². The van der Waals surface area contributed by atoms with Crippen LogP contribution < -0.4 is 10.2 Å². The van der Waals surface area contributed by atoms with Crippen LogP contribution in [0.15, 0.2) is 18.3 Å². The second-order valence-electron chi connectivity index (χ2n) is 4.73. The zero-order chi connectivity index (χ0) is 12.1. The number of hydrogen-bond acceptors (Lipinski definition) is 3. The highest BCUT2D eigenvalue weighted by molar-refractivity contribution is 5.54. The Kier molecular flexibility index (Phi) is 4.24. The zero-order valence-electron chi connectivity index (χ0n) is 10.9. The van der Waals surface area contributed by atoms with E-state index >= 15 is 0 Å². The SMILES string of the molecule is CCN(c1ccnc(NC)c1)C1CCCCC1. The van der Waals surface area contributed by atoms with Crippen LogP contribution in [0, 0.1) is 0 Å². The molecule has 1 N–H and O–H groups in total. The third-order valence-electron chi connectivity index (χ3n) is 3.69. The Hall–Kier alpha value is -1.25. The lowest BCUT2D eigenvalue weighted by molar-refractivity contribution is 0.418. The molecule has 1 saturated carbocycles. The third-order valence-corrected chi connectivity index (χ3v) is 3.69. The molecule has 1 aliphatic carbocycles. The van der Waals surface area contributed by atoms with E-state index in [9.17, 15) is 0 Å². The van der Waals surface area contributed by atoms with Gasteiger partial charge in [-0.05, 0) is 25.8 Å². The summed E-state index contributed by atoms with van der Waals surface area (Å²) in [5.74, 6) is 0.955. The number of pyridine rings is 1. The molecule has 2 rings (SSSR count). The van der Waals surface area contributed by atoms with Crippen molar-refractivity contribution in [1.29, 1.82) is 0 Å². The highest BCUT2D eigenvalue weighted by atomic mass is 15.2. The van der Waals surface area contributed by atoms with E-state index in [1.807, 2.05) is 13.2 Å². The van der Waals surface area contributed by atoms with Crippen LogP contribution in [0.3, 0.4) is 0 Å². The third kappa shape index (κ3) is 2.90. The van der Waals surface area contributed by atoms with Crippen molar-refractivity contribution in [2.24, 2.45) is 0 Å². The van der Waals surface area contributed by atoms with Crippen molar-refractivity contribution in [3.63, 3.8) is 0 Å². The average Bonchev–Trinajstić information content (AvgIpc) is 2.41. The van der Waals surface area contributed by atoms with Crippen LogP contribution in [0.2, 0.25) is 0 Å². The molecule has 17 heavy (non-hydrogen) atoms. The molecule has 1 aliphatic rings. The van der Waals surface area contributed by atoms with Crippen molar-refractivity contribution in [3.8, 4) is 0 Å². The fourth-order valence-corrected chi connectivity index (χ4v) is 2.78. The number of hydrogen-bond donors (Lipinski definition) is 1. The molecule has 1 aromatic heterocycles. The summed E-state index contributed by atoms with van der Waals surface area (Å²) in [5, 5.41) is 3.11. The largest absolute Gasteiger partial charge is 0.373 e. The van der Waals surface area contributed by atoms with Crippen molar-refractivity contribution in [2.75, 3.05) is 23.8 Å². The summed E-state index contributed by atoms with van der Waals surface area (Å²) in [7, 11) is 1.92. The van der Waals surface area contributed by atoms with E-state index in [1.54, 1.807) is 0 Å². The molecule has 1 heterocycles. The second-order valence-corrected chi connectivity index (χ2v) is 4.73. The molecular weight excluding hydrogens is 210 g/mol. The van der Waals surface area contributed by atoms with Crippen molar-refractivity contribution in [2.45, 2.75) is 45.1 Å². The first-order valence-electron chi connectivity index (χ1n) is 6.75. The fraction of sp³-hybridized carbons (Fsp3) is 0.643. The summed E-state index contributed by atoms with van der Waals surface area (Å²) in [6.45, 7) is 3.33. The molecule has 0 atom stereocenters. The highest BCUT2D eigenvalue weighted by Gasteiger charge is 2.20. The van der Waals surface area contributed by atoms with E-state index in [4.69, 9.17) is 0 Å². The average molecular weight is 233 g/mol. The Morgan fingerprint density at radius 2 is 2.12 bits per heavy atom. The van der Waals surface area contributed by atoms with Crippen molar-refractivity contribution < 1.29 is 0 Å². The molecule has 0 saturated heterocycles. The molecule has 0 radical (unpaired) electrons. The summed E-state index contributed by atoms with van der Waals surface area (Å²) in [4.78, 5) is 6.81. The van der Waals surface area contributed by atoms with Gasteiger partial charge in [0.25, 0.3) is 0 Å². The van der Waals surface area contributed by atoms with Crippen molar-refractivity contribution in [3.05, 3.63) is 18.3 Å². The first-order chi connectivity index (χ1) is 8.35. The molecule has 0 unspecified atom stereocenters. The predicted molar refractivity (Wildman–Crippen MR) is 73.7 cm³/mol. The van der Waals surface area contributed by atoms with Gasteiger partial charge in [-0.3, -0.25) is 0 Å². The summed E-state index contributed by atoms with van der Waals surface area (Å²) >= 11 is 0. The molecule has 94 valence electrons. The summed E-state index contributed by atoms with van der Waals surface area (Å²) < 4.78 is 0. The van der Waals surface area contributed by atoms with Gasteiger partial charge in [-0.1, -0.05) is 19.3 Å². The topological polar surface area (TPSA) is 28.2 Å². The summed E-state index contributed by atoms with van der Waals surface area (Å²) in [6, 6.07) is 5.00. The lowest BCUT2D eigenvalue weighted by Crippen LogP contribution is -2.36. The maximum absolute atomic E-state index is 4.28. The quantitative estimate of drug-likeness (QED) is 0.865. The van der Waals surface area contributed by atoms with Crippen molar-refractivity contribution >= 4 is 11.5 Å². The Labute approximate surface area is 104 Å². The Morgan fingerprint density at radius 3 is 2.76 bits per heavy atom. The Morgan fingerprint density at radius 1 is 1.35 bits per heavy atom. The van der Waals surface area contributed by atoms with Gasteiger partial charge < -0.3 is 10.2 Å². The van der Waals surface area contributed by atoms with Crippen LogP contribution in [0.5, 0.6) is 0 Å². The molecule has 0 bridgehead atoms. The van der Waals surface area contributed by atoms with E-state index in [2.05, 4.69) is 34.3 Å². The Balaban J connectivity index is 2.15. The van der Waals surface area contributed by atoms with Gasteiger partial charge in [0.2, 0.25) is 0 Å². The molecule has 0 aliphatic heterocycles. The molecule has 1 aromatic rings. The lowest BCUT2D eigenvalue weighted by Gasteiger charge is -2.35. The van der Waals surface area contributed by atoms with E-state index < -0.39 is 0 Å². The van der Waals surface area contributed by atoms with Crippen LogP contribution in [-0.4, -0.2) is 24.6 Å². The smallest absolute Gasteiger partial charge is 0.127 e. The molecule has 3 nitrogen and oxygen atoms in total. The lowest BCUT2D eigenvalue weighted by atomic mass is 9.94. The number of nitrogens with one attached hydrogen (secondary N) is 1. The van der Waals surface area contributed by atoms with Crippen LogP contribution in [0.25, 0.3) is 0 Å². The minimum absolute atomic E-state index is 0.723. The second kappa shape index (κ2) is 5.89. The van der Waals surface area contributed by atoms with Crippen LogP contribution >= 0.6 is 0 Å². The number of rotatable bonds is 4. The van der Waals surface area contributed by atoms with Crippen LogP contribution in [0.4, 0.5) is 11.5 Å². The summed E-state index contributed by atoms with van der Waals surface area (Å²) in [5.41, 5.74) is 1.30. The summed E-state index contributed by atoms with van der Waals surface area (Å²) in [6.07, 6.45) is 8.74.